The Morgan fingerprint density at radius 2 is 2.07 bits per heavy atom. The molecule has 0 heterocycles. The van der Waals surface area contributed by atoms with Crippen LogP contribution in [-0.2, 0) is 4.79 Å². The molecule has 1 atom stereocenters. The van der Waals surface area contributed by atoms with Crippen LogP contribution in [0.1, 0.15) is 33.6 Å². The molecule has 3 heteroatoms. The Morgan fingerprint density at radius 1 is 1.50 bits per heavy atom. The fourth-order valence-corrected chi connectivity index (χ4v) is 1.34. The standard InChI is InChI=1S/C11H22N2O/c1-5-7-10(12)11(14)13(6-2)8-9(3)4/h10H,3,5-8,12H2,1-2,4H3/t10-/m1/s1. The van der Waals surface area contributed by atoms with E-state index in [1.165, 1.54) is 0 Å². The zero-order chi connectivity index (χ0) is 11.1. The Balaban J connectivity index is 4.22. The number of hydrogen-bond acceptors (Lipinski definition) is 2. The molecular formula is C11H22N2O. The lowest BCUT2D eigenvalue weighted by Gasteiger charge is -2.24. The van der Waals surface area contributed by atoms with Gasteiger partial charge in [0.25, 0.3) is 0 Å². The van der Waals surface area contributed by atoms with E-state index in [-0.39, 0.29) is 11.9 Å². The van der Waals surface area contributed by atoms with Crippen molar-refractivity contribution in [2.75, 3.05) is 13.1 Å². The number of hydrogen-bond donors (Lipinski definition) is 1. The number of likely N-dealkylation sites (N-methyl/N-ethyl adjacent to an activating group) is 1. The fourth-order valence-electron chi connectivity index (χ4n) is 1.34. The van der Waals surface area contributed by atoms with Gasteiger partial charge in [-0.25, -0.2) is 0 Å². The number of rotatable bonds is 6. The van der Waals surface area contributed by atoms with E-state index in [1.807, 2.05) is 20.8 Å². The van der Waals surface area contributed by atoms with Crippen molar-refractivity contribution in [1.82, 2.24) is 4.90 Å². The summed E-state index contributed by atoms with van der Waals surface area (Å²) in [6.45, 7) is 11.0. The first kappa shape index (κ1) is 13.2. The summed E-state index contributed by atoms with van der Waals surface area (Å²) in [7, 11) is 0. The van der Waals surface area contributed by atoms with Crippen LogP contribution in [0.2, 0.25) is 0 Å². The maximum absolute atomic E-state index is 11.8. The predicted molar refractivity (Wildman–Crippen MR) is 60.0 cm³/mol. The lowest BCUT2D eigenvalue weighted by molar-refractivity contribution is -0.132. The second kappa shape index (κ2) is 6.60. The van der Waals surface area contributed by atoms with Gasteiger partial charge in [0.2, 0.25) is 5.91 Å². The summed E-state index contributed by atoms with van der Waals surface area (Å²) in [6, 6.07) is -0.348. The molecule has 2 N–H and O–H groups in total. The van der Waals surface area contributed by atoms with E-state index in [1.54, 1.807) is 4.90 Å². The summed E-state index contributed by atoms with van der Waals surface area (Å²) in [6.07, 6.45) is 1.70. The van der Waals surface area contributed by atoms with Crippen LogP contribution in [0.3, 0.4) is 0 Å². The second-order valence-corrected chi connectivity index (χ2v) is 3.70. The summed E-state index contributed by atoms with van der Waals surface area (Å²) >= 11 is 0. The third-order valence-electron chi connectivity index (χ3n) is 2.07. The van der Waals surface area contributed by atoms with Crippen molar-refractivity contribution in [3.8, 4) is 0 Å². The van der Waals surface area contributed by atoms with Gasteiger partial charge in [-0.05, 0) is 20.3 Å². The molecule has 0 bridgehead atoms. The molecule has 0 saturated carbocycles. The lowest BCUT2D eigenvalue weighted by atomic mass is 10.1. The van der Waals surface area contributed by atoms with Gasteiger partial charge in [-0.1, -0.05) is 25.5 Å². The molecule has 0 aromatic heterocycles. The molecular weight excluding hydrogens is 176 g/mol. The van der Waals surface area contributed by atoms with Crippen LogP contribution in [0.25, 0.3) is 0 Å². The third-order valence-corrected chi connectivity index (χ3v) is 2.07. The number of carbonyl (C=O) groups excluding carboxylic acids is 1. The van der Waals surface area contributed by atoms with E-state index >= 15 is 0 Å². The van der Waals surface area contributed by atoms with Gasteiger partial charge in [-0.15, -0.1) is 0 Å². The molecule has 0 spiro atoms. The highest BCUT2D eigenvalue weighted by Gasteiger charge is 2.18. The summed E-state index contributed by atoms with van der Waals surface area (Å²) < 4.78 is 0. The Morgan fingerprint density at radius 3 is 2.43 bits per heavy atom. The van der Waals surface area contributed by atoms with Crippen molar-refractivity contribution in [3.63, 3.8) is 0 Å². The van der Waals surface area contributed by atoms with Crippen LogP contribution in [0.5, 0.6) is 0 Å². The van der Waals surface area contributed by atoms with E-state index in [2.05, 4.69) is 6.58 Å². The number of carbonyl (C=O) groups is 1. The molecule has 0 radical (unpaired) electrons. The first-order valence-electron chi connectivity index (χ1n) is 5.21. The van der Waals surface area contributed by atoms with Gasteiger partial charge in [0.1, 0.15) is 0 Å². The van der Waals surface area contributed by atoms with Crippen molar-refractivity contribution in [1.29, 1.82) is 0 Å². The van der Waals surface area contributed by atoms with Crippen LogP contribution in [0.15, 0.2) is 12.2 Å². The van der Waals surface area contributed by atoms with Crippen LogP contribution in [-0.4, -0.2) is 29.9 Å². The predicted octanol–water partition coefficient (Wildman–Crippen LogP) is 1.54. The molecule has 0 saturated heterocycles. The molecule has 3 nitrogen and oxygen atoms in total. The van der Waals surface area contributed by atoms with Crippen molar-refractivity contribution in [2.24, 2.45) is 5.73 Å². The normalized spacial score (nSPS) is 12.3. The average molecular weight is 198 g/mol. The smallest absolute Gasteiger partial charge is 0.239 e. The Bertz CT molecular complexity index is 201. The molecule has 0 rings (SSSR count). The molecule has 0 aliphatic carbocycles. The van der Waals surface area contributed by atoms with Crippen molar-refractivity contribution < 1.29 is 4.79 Å². The van der Waals surface area contributed by atoms with Crippen molar-refractivity contribution in [3.05, 3.63) is 12.2 Å². The molecule has 1 amide bonds. The van der Waals surface area contributed by atoms with Crippen molar-refractivity contribution >= 4 is 5.91 Å². The highest BCUT2D eigenvalue weighted by Crippen LogP contribution is 2.02. The summed E-state index contributed by atoms with van der Waals surface area (Å²) in [5.41, 5.74) is 6.75. The molecule has 0 fully saturated rings. The highest BCUT2D eigenvalue weighted by molar-refractivity contribution is 5.81. The van der Waals surface area contributed by atoms with Crippen LogP contribution >= 0.6 is 0 Å². The van der Waals surface area contributed by atoms with E-state index < -0.39 is 0 Å². The summed E-state index contributed by atoms with van der Waals surface area (Å²) in [5.74, 6) is 0.0392. The van der Waals surface area contributed by atoms with Crippen LogP contribution < -0.4 is 5.73 Å². The van der Waals surface area contributed by atoms with Gasteiger partial charge in [-0.2, -0.15) is 0 Å². The topological polar surface area (TPSA) is 46.3 Å². The highest BCUT2D eigenvalue weighted by atomic mass is 16.2. The minimum atomic E-state index is -0.348. The summed E-state index contributed by atoms with van der Waals surface area (Å²) in [5, 5.41) is 0. The quantitative estimate of drug-likeness (QED) is 0.658. The molecule has 0 aliphatic rings. The molecule has 0 aromatic rings. The largest absolute Gasteiger partial charge is 0.338 e. The third kappa shape index (κ3) is 4.42. The molecule has 0 unspecified atom stereocenters. The van der Waals surface area contributed by atoms with Gasteiger partial charge >= 0.3 is 0 Å². The Hall–Kier alpha value is -0.830. The van der Waals surface area contributed by atoms with Gasteiger partial charge < -0.3 is 10.6 Å². The zero-order valence-corrected chi connectivity index (χ0v) is 9.55. The number of nitrogens with zero attached hydrogens (tertiary/aromatic N) is 1. The first-order chi connectivity index (χ1) is 6.52. The van der Waals surface area contributed by atoms with Crippen molar-refractivity contribution in [2.45, 2.75) is 39.7 Å². The molecule has 14 heavy (non-hydrogen) atoms. The van der Waals surface area contributed by atoms with E-state index in [0.717, 1.165) is 18.4 Å². The Labute approximate surface area is 87.0 Å². The number of nitrogens with two attached hydrogens (primary N) is 1. The van der Waals surface area contributed by atoms with Crippen LogP contribution in [0.4, 0.5) is 0 Å². The SMILES string of the molecule is C=C(C)CN(CC)C(=O)[C@H](N)CCC. The number of amides is 1. The van der Waals surface area contributed by atoms with E-state index in [4.69, 9.17) is 5.73 Å². The van der Waals surface area contributed by atoms with Gasteiger partial charge in [-0.3, -0.25) is 4.79 Å². The summed E-state index contributed by atoms with van der Waals surface area (Å²) in [4.78, 5) is 13.5. The van der Waals surface area contributed by atoms with Gasteiger partial charge in [0.05, 0.1) is 6.04 Å². The molecule has 0 aromatic carbocycles. The Kier molecular flexibility index (Phi) is 6.21. The fraction of sp³-hybridized carbons (Fsp3) is 0.727. The zero-order valence-electron chi connectivity index (χ0n) is 9.55. The second-order valence-electron chi connectivity index (χ2n) is 3.70. The molecule has 82 valence electrons. The monoisotopic (exact) mass is 198 g/mol. The average Bonchev–Trinajstić information content (AvgIpc) is 2.13. The first-order valence-corrected chi connectivity index (χ1v) is 5.21. The molecule has 0 aliphatic heterocycles. The minimum absolute atomic E-state index is 0.0392. The van der Waals surface area contributed by atoms with Crippen LogP contribution in [0, 0.1) is 0 Å². The maximum Gasteiger partial charge on any atom is 0.239 e. The lowest BCUT2D eigenvalue weighted by Crippen LogP contribution is -2.44. The van der Waals surface area contributed by atoms with E-state index in [9.17, 15) is 4.79 Å². The van der Waals surface area contributed by atoms with Gasteiger partial charge in [0, 0.05) is 13.1 Å². The maximum atomic E-state index is 11.8. The van der Waals surface area contributed by atoms with Gasteiger partial charge in [0.15, 0.2) is 0 Å². The minimum Gasteiger partial charge on any atom is -0.338 e. The van der Waals surface area contributed by atoms with E-state index in [0.29, 0.717) is 13.1 Å².